The minimum absolute atomic E-state index is 0.739. The Morgan fingerprint density at radius 2 is 0.247 bits per heavy atom. The number of hydrogen-bond donors (Lipinski definition) is 0. The van der Waals surface area contributed by atoms with Gasteiger partial charge in [0.2, 0.25) is 0 Å². The van der Waals surface area contributed by atoms with Crippen LogP contribution >= 0.6 is 0 Å². The Hall–Kier alpha value is 0. The summed E-state index contributed by atoms with van der Waals surface area (Å²) < 4.78 is 0. The normalized spacial score (nSPS) is 44.1. The third-order valence-electron chi connectivity index (χ3n) is 31.6. The van der Waals surface area contributed by atoms with Crippen LogP contribution in [0.2, 0.25) is 0 Å². The zero-order valence-electron chi connectivity index (χ0n) is 57.4. The molecule has 16 aliphatic rings. The van der Waals surface area contributed by atoms with Crippen molar-refractivity contribution in [3.8, 4) is 0 Å². The molecule has 0 aliphatic heterocycles. The van der Waals surface area contributed by atoms with Crippen LogP contribution in [-0.4, -0.2) is 0 Å². The molecule has 12 bridgehead atoms. The van der Waals surface area contributed by atoms with Gasteiger partial charge in [-0.15, -0.1) is 0 Å². The Morgan fingerprint density at radius 3 is 0.416 bits per heavy atom. The first kappa shape index (κ1) is 64.6. The minimum Gasteiger partial charge on any atom is -0.0622 e. The lowest BCUT2D eigenvalue weighted by Crippen LogP contribution is -2.66. The van der Waals surface area contributed by atoms with Gasteiger partial charge >= 0.3 is 0 Å². The first-order valence-corrected chi connectivity index (χ1v) is 35.5. The van der Waals surface area contributed by atoms with Gasteiger partial charge in [0.15, 0.2) is 0 Å². The van der Waals surface area contributed by atoms with Crippen molar-refractivity contribution in [2.75, 3.05) is 0 Å². The van der Waals surface area contributed by atoms with Crippen molar-refractivity contribution in [3.63, 3.8) is 0 Å². The molecule has 2 unspecified atom stereocenters. The number of rotatable bonds is 12. The van der Waals surface area contributed by atoms with Crippen LogP contribution in [0.4, 0.5) is 0 Å². The van der Waals surface area contributed by atoms with E-state index in [0.717, 1.165) is 136 Å². The van der Waals surface area contributed by atoms with E-state index in [4.69, 9.17) is 0 Å². The fraction of sp³-hybridized carbons (Fsp3) is 1.00. The summed E-state index contributed by atoms with van der Waals surface area (Å²) in [6.07, 6.45) is 44.1. The van der Waals surface area contributed by atoms with Gasteiger partial charge < -0.3 is 0 Å². The van der Waals surface area contributed by atoms with Crippen LogP contribution in [0.25, 0.3) is 0 Å². The van der Waals surface area contributed by atoms with Crippen molar-refractivity contribution >= 4 is 0 Å². The summed E-state index contributed by atoms with van der Waals surface area (Å²) in [4.78, 5) is 0. The van der Waals surface area contributed by atoms with Gasteiger partial charge in [-0.2, -0.15) is 0 Å². The molecule has 0 nitrogen and oxygen atoms in total. The van der Waals surface area contributed by atoms with Gasteiger partial charge in [0.05, 0.1) is 0 Å². The highest BCUT2D eigenvalue weighted by Crippen LogP contribution is 2.79. The molecule has 0 heterocycles. The Morgan fingerprint density at radius 1 is 0.130 bits per heavy atom. The third kappa shape index (κ3) is 11.4. The van der Waals surface area contributed by atoms with Crippen LogP contribution < -0.4 is 0 Å². The van der Waals surface area contributed by atoms with Crippen molar-refractivity contribution in [2.24, 2.45) is 136 Å². The summed E-state index contributed by atoms with van der Waals surface area (Å²) in [5.41, 5.74) is 9.20. The largest absolute Gasteiger partial charge is 0.0622 e. The quantitative estimate of drug-likeness (QED) is 0.183. The molecular weight excluding hydrogens is 925 g/mol. The average molecular weight is 1070 g/mol. The Kier molecular flexibility index (Phi) is 19.1. The van der Waals surface area contributed by atoms with Crippen LogP contribution in [0.1, 0.15) is 352 Å². The van der Waals surface area contributed by atoms with E-state index in [2.05, 4.69) is 166 Å². The Balaban J connectivity index is 0.000000134. The summed E-state index contributed by atoms with van der Waals surface area (Å²) in [6.45, 7) is 58.2. The molecule has 0 aromatic carbocycles. The van der Waals surface area contributed by atoms with E-state index >= 15 is 0 Å². The molecule has 0 amide bonds. The zero-order valence-corrected chi connectivity index (χ0v) is 57.4. The summed E-state index contributed by atoms with van der Waals surface area (Å²) in [5, 5.41) is 0. The molecule has 0 saturated heterocycles. The molecule has 450 valence electrons. The van der Waals surface area contributed by atoms with E-state index in [-0.39, 0.29) is 0 Å². The molecule has 16 fully saturated rings. The highest BCUT2D eigenvalue weighted by Gasteiger charge is 2.69. The summed E-state index contributed by atoms with van der Waals surface area (Å²) in [5.74, 6) is 11.0. The Labute approximate surface area is 485 Å². The molecule has 0 N–H and O–H groups in total. The third-order valence-corrected chi connectivity index (χ3v) is 31.6. The first-order valence-electron chi connectivity index (χ1n) is 35.5. The fourth-order valence-corrected chi connectivity index (χ4v) is 22.7. The van der Waals surface area contributed by atoms with E-state index in [9.17, 15) is 0 Å². The average Bonchev–Trinajstić information content (AvgIpc) is 4.16. The molecule has 0 heteroatoms. The fourth-order valence-electron chi connectivity index (χ4n) is 22.7. The lowest BCUT2D eigenvalue weighted by molar-refractivity contribution is -0.252. The van der Waals surface area contributed by atoms with Crippen LogP contribution in [0.15, 0.2) is 0 Å². The summed E-state index contributed by atoms with van der Waals surface area (Å²) in [6, 6.07) is 0. The SMILES string of the molecule is CC(C)C12CC(C(C)C)(C1)C2.CC(C)C12CCC(C(C)C)(C1)C2.CC(C)C12CCC(C(C)C)(CC1)C2.CC(C)C12CCC(C(C)C)(CC1)CC2.CC(C)C12CCCC(C(C)C)(C1)C2.CC(C)C12CCCC(C(C)C)(CC1)C2. The molecule has 0 spiro atoms. The van der Waals surface area contributed by atoms with E-state index < -0.39 is 0 Å². The van der Waals surface area contributed by atoms with Crippen molar-refractivity contribution in [1.82, 2.24) is 0 Å². The van der Waals surface area contributed by atoms with Crippen molar-refractivity contribution < 1.29 is 0 Å². The lowest BCUT2D eigenvalue weighted by atomic mass is 9.30. The molecule has 77 heavy (non-hydrogen) atoms. The standard InChI is InChI=1S/2C14H26.2C13H24.C12H22.C11H20/c1-11(2)13-5-8-14(9-6-13,10-7-13)12(3)4;1-11(2)13-6-5-7-14(10-13,9-8-13)12(3)4;1-10(2)12-5-7-13(9-12,8-6-12)11(3)4;1-10(2)12-6-5-7-13(8-12,9-12)11(3)4;1-9(2)11-5-6-12(7-11,8-11)10(3)4;1-8(2)10-5-11(6-10,7-10)9(3)4/h2*11-12H,5-10H2,1-4H3;2*10-11H,5-9H2,1-4H3;9-10H,5-8H2,1-4H3;8-9H,5-7H2,1-4H3. The predicted molar refractivity (Wildman–Crippen MR) is 341 cm³/mol. The topological polar surface area (TPSA) is 0 Å². The molecule has 0 aromatic heterocycles. The summed E-state index contributed by atoms with van der Waals surface area (Å²) in [7, 11) is 0. The molecule has 16 aliphatic carbocycles. The van der Waals surface area contributed by atoms with Gasteiger partial charge in [-0.25, -0.2) is 0 Å². The lowest BCUT2D eigenvalue weighted by Gasteiger charge is -2.75. The first-order chi connectivity index (χ1) is 35.5. The molecule has 2 atom stereocenters. The molecule has 16 rings (SSSR count). The van der Waals surface area contributed by atoms with Crippen LogP contribution in [-0.2, 0) is 0 Å². The van der Waals surface area contributed by atoms with Gasteiger partial charge in [0, 0.05) is 0 Å². The summed E-state index contributed by atoms with van der Waals surface area (Å²) >= 11 is 0. The van der Waals surface area contributed by atoms with Crippen molar-refractivity contribution in [3.05, 3.63) is 0 Å². The van der Waals surface area contributed by atoms with Crippen LogP contribution in [0.5, 0.6) is 0 Å². The maximum atomic E-state index is 2.45. The molecule has 16 saturated carbocycles. The second-order valence-corrected chi connectivity index (χ2v) is 37.0. The highest BCUT2D eigenvalue weighted by molar-refractivity contribution is 5.19. The van der Waals surface area contributed by atoms with Crippen molar-refractivity contribution in [1.29, 1.82) is 0 Å². The van der Waals surface area contributed by atoms with E-state index in [1.165, 1.54) is 186 Å². The minimum atomic E-state index is 0.739. The smallest absolute Gasteiger partial charge is 0.0258 e. The van der Waals surface area contributed by atoms with Crippen molar-refractivity contribution in [2.45, 2.75) is 352 Å². The second kappa shape index (κ2) is 22.8. The number of fused-ring (bicyclic) bond motifs is 10. The monoisotopic (exact) mass is 1070 g/mol. The second-order valence-electron chi connectivity index (χ2n) is 37.0. The van der Waals surface area contributed by atoms with Crippen LogP contribution in [0.3, 0.4) is 0 Å². The van der Waals surface area contributed by atoms with Gasteiger partial charge in [0.25, 0.3) is 0 Å². The molecule has 0 radical (unpaired) electrons. The van der Waals surface area contributed by atoms with Gasteiger partial charge in [-0.3, -0.25) is 0 Å². The Bertz CT molecular complexity index is 1710. The maximum Gasteiger partial charge on any atom is -0.0258 e. The highest BCUT2D eigenvalue weighted by atomic mass is 14.7. The van der Waals surface area contributed by atoms with Gasteiger partial charge in [-0.1, -0.05) is 179 Å². The molecular formula is C77H142. The van der Waals surface area contributed by atoms with E-state index in [1.54, 1.807) is 0 Å². The predicted octanol–water partition coefficient (Wildman–Crippen LogP) is 25.1. The molecule has 0 aromatic rings. The number of hydrogen-bond acceptors (Lipinski definition) is 0. The van der Waals surface area contributed by atoms with E-state index in [1.807, 2.05) is 0 Å². The van der Waals surface area contributed by atoms with E-state index in [0.29, 0.717) is 0 Å². The maximum absolute atomic E-state index is 2.45. The van der Waals surface area contributed by atoms with Crippen LogP contribution in [0, 0.1) is 136 Å². The van der Waals surface area contributed by atoms with Gasteiger partial charge in [-0.05, 0) is 309 Å². The van der Waals surface area contributed by atoms with Gasteiger partial charge in [0.1, 0.15) is 0 Å². The zero-order chi connectivity index (χ0) is 57.4.